The largest absolute Gasteiger partial charge is 0.493 e. The second-order valence-corrected chi connectivity index (χ2v) is 5.75. The molecule has 1 fully saturated rings. The number of rotatable bonds is 3. The minimum absolute atomic E-state index is 0.396. The van der Waals surface area contributed by atoms with Gasteiger partial charge in [0, 0.05) is 17.8 Å². The van der Waals surface area contributed by atoms with Crippen molar-refractivity contribution in [1.82, 2.24) is 5.32 Å². The molecule has 1 heterocycles. The lowest BCUT2D eigenvalue weighted by molar-refractivity contribution is 0.353. The molecule has 0 radical (unpaired) electrons. The molecule has 18 heavy (non-hydrogen) atoms. The maximum atomic E-state index is 5.37. The van der Waals surface area contributed by atoms with Crippen LogP contribution in [0.3, 0.4) is 0 Å². The van der Waals surface area contributed by atoms with Gasteiger partial charge in [-0.15, -0.1) is 0 Å². The Morgan fingerprint density at radius 3 is 2.72 bits per heavy atom. The van der Waals surface area contributed by atoms with Gasteiger partial charge in [0.2, 0.25) is 0 Å². The van der Waals surface area contributed by atoms with Crippen molar-refractivity contribution < 1.29 is 9.47 Å². The molecular formula is C14H21NO2S. The molecule has 1 N–H and O–H groups in total. The predicted molar refractivity (Wildman–Crippen MR) is 76.8 cm³/mol. The second-order valence-electron chi connectivity index (χ2n) is 4.60. The predicted octanol–water partition coefficient (Wildman–Crippen LogP) is 2.86. The van der Waals surface area contributed by atoms with E-state index in [2.05, 4.69) is 24.4 Å². The van der Waals surface area contributed by atoms with Gasteiger partial charge < -0.3 is 14.8 Å². The first-order valence-corrected chi connectivity index (χ1v) is 7.45. The van der Waals surface area contributed by atoms with Gasteiger partial charge in [-0.1, -0.05) is 6.07 Å². The van der Waals surface area contributed by atoms with Crippen molar-refractivity contribution in [3.8, 4) is 11.5 Å². The summed E-state index contributed by atoms with van der Waals surface area (Å²) in [6.07, 6.45) is 1.23. The van der Waals surface area contributed by atoms with E-state index < -0.39 is 0 Å². The first-order valence-electron chi connectivity index (χ1n) is 6.30. The van der Waals surface area contributed by atoms with Gasteiger partial charge in [-0.25, -0.2) is 0 Å². The summed E-state index contributed by atoms with van der Waals surface area (Å²) in [5.74, 6) is 3.94. The first-order chi connectivity index (χ1) is 8.74. The Labute approximate surface area is 113 Å². The van der Waals surface area contributed by atoms with E-state index in [-0.39, 0.29) is 0 Å². The molecule has 100 valence electrons. The highest BCUT2D eigenvalue weighted by molar-refractivity contribution is 7.99. The molecule has 3 nitrogen and oxygen atoms in total. The van der Waals surface area contributed by atoms with Gasteiger partial charge in [-0.3, -0.25) is 0 Å². The van der Waals surface area contributed by atoms with Crippen molar-refractivity contribution in [3.63, 3.8) is 0 Å². The van der Waals surface area contributed by atoms with Crippen LogP contribution in [0.4, 0.5) is 0 Å². The van der Waals surface area contributed by atoms with Gasteiger partial charge in [0.25, 0.3) is 0 Å². The molecule has 1 aliphatic heterocycles. The molecule has 2 atom stereocenters. The Kier molecular flexibility index (Phi) is 4.78. The number of hydrogen-bond acceptors (Lipinski definition) is 4. The van der Waals surface area contributed by atoms with Crippen molar-refractivity contribution in [2.75, 3.05) is 25.7 Å². The molecule has 1 aliphatic rings. The van der Waals surface area contributed by atoms with Gasteiger partial charge in [0.1, 0.15) is 0 Å². The van der Waals surface area contributed by atoms with Crippen LogP contribution in [0.5, 0.6) is 11.5 Å². The van der Waals surface area contributed by atoms with Crippen LogP contribution in [0.25, 0.3) is 0 Å². The Hall–Kier alpha value is -0.870. The molecular weight excluding hydrogens is 246 g/mol. The lowest BCUT2D eigenvalue weighted by Crippen LogP contribution is -2.30. The SMILES string of the molecule is COc1ccc(C2CSCCC(C)N2)cc1OC. The molecule has 2 rings (SSSR count). The molecule has 1 saturated heterocycles. The zero-order chi connectivity index (χ0) is 13.0. The molecule has 0 aromatic heterocycles. The summed E-state index contributed by atoms with van der Waals surface area (Å²) in [5.41, 5.74) is 1.27. The summed E-state index contributed by atoms with van der Waals surface area (Å²) >= 11 is 2.01. The standard InChI is InChI=1S/C14H21NO2S/c1-10-6-7-18-9-12(15-10)11-4-5-13(16-2)14(8-11)17-3/h4-5,8,10,12,15H,6-7,9H2,1-3H3. The molecule has 4 heteroatoms. The number of methoxy groups -OCH3 is 2. The van der Waals surface area contributed by atoms with Crippen molar-refractivity contribution in [1.29, 1.82) is 0 Å². The number of nitrogens with one attached hydrogen (secondary N) is 1. The average molecular weight is 267 g/mol. The molecule has 0 bridgehead atoms. The lowest BCUT2D eigenvalue weighted by atomic mass is 10.1. The Balaban J connectivity index is 2.21. The Morgan fingerprint density at radius 2 is 2.00 bits per heavy atom. The van der Waals surface area contributed by atoms with Crippen molar-refractivity contribution >= 4 is 11.8 Å². The van der Waals surface area contributed by atoms with Crippen molar-refractivity contribution in [3.05, 3.63) is 23.8 Å². The number of hydrogen-bond donors (Lipinski definition) is 1. The van der Waals surface area contributed by atoms with Crippen molar-refractivity contribution in [2.24, 2.45) is 0 Å². The van der Waals surface area contributed by atoms with E-state index in [1.165, 1.54) is 17.7 Å². The summed E-state index contributed by atoms with van der Waals surface area (Å²) in [4.78, 5) is 0. The highest BCUT2D eigenvalue weighted by Gasteiger charge is 2.19. The van der Waals surface area contributed by atoms with Gasteiger partial charge in [-0.2, -0.15) is 11.8 Å². The van der Waals surface area contributed by atoms with Crippen LogP contribution < -0.4 is 14.8 Å². The van der Waals surface area contributed by atoms with Crippen LogP contribution in [0.2, 0.25) is 0 Å². The summed E-state index contributed by atoms with van der Waals surface area (Å²) < 4.78 is 10.6. The molecule has 1 aromatic carbocycles. The number of benzene rings is 1. The van der Waals surface area contributed by atoms with Crippen LogP contribution in [0, 0.1) is 0 Å². The summed E-state index contributed by atoms with van der Waals surface area (Å²) in [5, 5.41) is 3.67. The maximum absolute atomic E-state index is 5.37. The van der Waals surface area contributed by atoms with E-state index in [1.807, 2.05) is 17.8 Å². The van der Waals surface area contributed by atoms with E-state index in [1.54, 1.807) is 14.2 Å². The van der Waals surface area contributed by atoms with Gasteiger partial charge in [0.15, 0.2) is 11.5 Å². The topological polar surface area (TPSA) is 30.5 Å². The zero-order valence-corrected chi connectivity index (χ0v) is 12.0. The van der Waals surface area contributed by atoms with E-state index in [0.29, 0.717) is 12.1 Å². The summed E-state index contributed by atoms with van der Waals surface area (Å²) in [7, 11) is 3.35. The quantitative estimate of drug-likeness (QED) is 0.912. The number of thioether (sulfide) groups is 1. The molecule has 2 unspecified atom stereocenters. The normalized spacial score (nSPS) is 24.4. The Morgan fingerprint density at radius 1 is 1.22 bits per heavy atom. The summed E-state index contributed by atoms with van der Waals surface area (Å²) in [6, 6.07) is 7.15. The minimum Gasteiger partial charge on any atom is -0.493 e. The van der Waals surface area contributed by atoms with Crippen LogP contribution in [-0.2, 0) is 0 Å². The highest BCUT2D eigenvalue weighted by atomic mass is 32.2. The molecule has 0 amide bonds. The fourth-order valence-corrected chi connectivity index (χ4v) is 3.41. The number of ether oxygens (including phenoxy) is 2. The van der Waals surface area contributed by atoms with Crippen LogP contribution in [0.15, 0.2) is 18.2 Å². The van der Waals surface area contributed by atoms with Crippen LogP contribution in [0.1, 0.15) is 24.9 Å². The van der Waals surface area contributed by atoms with Gasteiger partial charge >= 0.3 is 0 Å². The minimum atomic E-state index is 0.396. The fourth-order valence-electron chi connectivity index (χ4n) is 2.20. The zero-order valence-electron chi connectivity index (χ0n) is 11.2. The first kappa shape index (κ1) is 13.6. The lowest BCUT2D eigenvalue weighted by Gasteiger charge is -2.20. The molecule has 0 spiro atoms. The second kappa shape index (κ2) is 6.34. The smallest absolute Gasteiger partial charge is 0.161 e. The summed E-state index contributed by atoms with van der Waals surface area (Å²) in [6.45, 7) is 2.25. The maximum Gasteiger partial charge on any atom is 0.161 e. The third-order valence-electron chi connectivity index (χ3n) is 3.28. The third kappa shape index (κ3) is 3.12. The fraction of sp³-hybridized carbons (Fsp3) is 0.571. The molecule has 0 aliphatic carbocycles. The van der Waals surface area contributed by atoms with Crippen molar-refractivity contribution in [2.45, 2.75) is 25.4 Å². The average Bonchev–Trinajstić information content (AvgIpc) is 2.62. The van der Waals surface area contributed by atoms with E-state index in [4.69, 9.17) is 9.47 Å². The van der Waals surface area contributed by atoms with E-state index in [9.17, 15) is 0 Å². The monoisotopic (exact) mass is 267 g/mol. The van der Waals surface area contributed by atoms with Crippen LogP contribution >= 0.6 is 11.8 Å². The third-order valence-corrected chi connectivity index (χ3v) is 4.37. The molecule has 1 aromatic rings. The highest BCUT2D eigenvalue weighted by Crippen LogP contribution is 2.32. The van der Waals surface area contributed by atoms with Crippen LogP contribution in [-0.4, -0.2) is 31.8 Å². The van der Waals surface area contributed by atoms with Gasteiger partial charge in [-0.05, 0) is 36.8 Å². The van der Waals surface area contributed by atoms with Gasteiger partial charge in [0.05, 0.1) is 14.2 Å². The van der Waals surface area contributed by atoms with E-state index >= 15 is 0 Å². The van der Waals surface area contributed by atoms with E-state index in [0.717, 1.165) is 17.3 Å². The Bertz CT molecular complexity index is 397. The molecule has 0 saturated carbocycles.